The number of hydrogen-bond donors (Lipinski definition) is 1. The van der Waals surface area contributed by atoms with Crippen molar-refractivity contribution in [3.63, 3.8) is 0 Å². The van der Waals surface area contributed by atoms with Crippen LogP contribution in [0.5, 0.6) is 0 Å². The summed E-state index contributed by atoms with van der Waals surface area (Å²) in [5.41, 5.74) is 1.02. The maximum atomic E-state index is 12.8. The highest BCUT2D eigenvalue weighted by Crippen LogP contribution is 2.24. The summed E-state index contributed by atoms with van der Waals surface area (Å²) >= 11 is 0. The lowest BCUT2D eigenvalue weighted by Crippen LogP contribution is -2.47. The summed E-state index contributed by atoms with van der Waals surface area (Å²) in [5.74, 6) is 1.61. The van der Waals surface area contributed by atoms with Gasteiger partial charge in [-0.15, -0.1) is 0 Å². The Hall–Kier alpha value is -1.25. The predicted molar refractivity (Wildman–Crippen MR) is 97.1 cm³/mol. The van der Waals surface area contributed by atoms with Crippen LogP contribution in [0, 0.1) is 6.92 Å². The van der Waals surface area contributed by atoms with Crippen molar-refractivity contribution in [3.8, 4) is 0 Å². The van der Waals surface area contributed by atoms with Crippen molar-refractivity contribution in [3.05, 3.63) is 17.6 Å². The van der Waals surface area contributed by atoms with E-state index in [0.29, 0.717) is 39.1 Å². The SMILES string of the molecule is CCc1cc(NC2CCN(S(=O)(=O)C3CCOCC3)CC2)nc(C)n1. The third kappa shape index (κ3) is 4.48. The summed E-state index contributed by atoms with van der Waals surface area (Å²) < 4.78 is 32.5. The normalized spacial score (nSPS) is 21.4. The Kier molecular flexibility index (Phi) is 5.91. The number of anilines is 1. The molecule has 1 aromatic heterocycles. The maximum Gasteiger partial charge on any atom is 0.217 e. The van der Waals surface area contributed by atoms with E-state index in [0.717, 1.165) is 36.6 Å². The fourth-order valence-corrected chi connectivity index (χ4v) is 5.46. The van der Waals surface area contributed by atoms with E-state index < -0.39 is 10.0 Å². The van der Waals surface area contributed by atoms with Gasteiger partial charge in [0, 0.05) is 44.1 Å². The van der Waals surface area contributed by atoms with Crippen LogP contribution in [0.2, 0.25) is 0 Å². The van der Waals surface area contributed by atoms with Crippen LogP contribution in [0.4, 0.5) is 5.82 Å². The Morgan fingerprint density at radius 2 is 1.88 bits per heavy atom. The fourth-order valence-electron chi connectivity index (χ4n) is 3.53. The van der Waals surface area contributed by atoms with E-state index in [4.69, 9.17) is 4.74 Å². The zero-order chi connectivity index (χ0) is 17.9. The van der Waals surface area contributed by atoms with Crippen LogP contribution in [0.25, 0.3) is 0 Å². The first kappa shape index (κ1) is 18.5. The Morgan fingerprint density at radius 1 is 1.20 bits per heavy atom. The average Bonchev–Trinajstić information content (AvgIpc) is 2.62. The standard InChI is InChI=1S/C17H28N4O3S/c1-3-14-12-17(19-13(2)18-14)20-15-4-8-21(9-5-15)25(22,23)16-6-10-24-11-7-16/h12,15-16H,3-11H2,1-2H3,(H,18,19,20). The smallest absolute Gasteiger partial charge is 0.217 e. The summed E-state index contributed by atoms with van der Waals surface area (Å²) in [5, 5.41) is 3.18. The van der Waals surface area contributed by atoms with Crippen LogP contribution in [-0.4, -0.2) is 60.3 Å². The van der Waals surface area contributed by atoms with Crippen LogP contribution in [-0.2, 0) is 21.2 Å². The molecular formula is C17H28N4O3S. The van der Waals surface area contributed by atoms with Gasteiger partial charge in [0.1, 0.15) is 11.6 Å². The van der Waals surface area contributed by atoms with Gasteiger partial charge in [0.25, 0.3) is 0 Å². The molecule has 3 heterocycles. The summed E-state index contributed by atoms with van der Waals surface area (Å²) in [4.78, 5) is 8.84. The second-order valence-corrected chi connectivity index (χ2v) is 9.03. The zero-order valence-corrected chi connectivity index (χ0v) is 15.9. The van der Waals surface area contributed by atoms with Crippen LogP contribution in [0.3, 0.4) is 0 Å². The molecule has 0 saturated carbocycles. The van der Waals surface area contributed by atoms with Gasteiger partial charge in [0.2, 0.25) is 10.0 Å². The van der Waals surface area contributed by atoms with E-state index >= 15 is 0 Å². The molecule has 25 heavy (non-hydrogen) atoms. The zero-order valence-electron chi connectivity index (χ0n) is 15.1. The number of aryl methyl sites for hydroxylation is 2. The molecule has 0 amide bonds. The molecule has 0 aromatic carbocycles. The van der Waals surface area contributed by atoms with Crippen molar-refractivity contribution < 1.29 is 13.2 Å². The molecule has 2 aliphatic rings. The lowest BCUT2D eigenvalue weighted by atomic mass is 10.1. The molecule has 0 radical (unpaired) electrons. The van der Waals surface area contributed by atoms with Crippen molar-refractivity contribution in [2.24, 2.45) is 0 Å². The van der Waals surface area contributed by atoms with E-state index in [-0.39, 0.29) is 11.3 Å². The highest BCUT2D eigenvalue weighted by molar-refractivity contribution is 7.89. The van der Waals surface area contributed by atoms with Crippen LogP contribution in [0.1, 0.15) is 44.1 Å². The van der Waals surface area contributed by atoms with Gasteiger partial charge in [-0.1, -0.05) is 6.92 Å². The van der Waals surface area contributed by atoms with Crippen LogP contribution >= 0.6 is 0 Å². The van der Waals surface area contributed by atoms with Crippen molar-refractivity contribution in [1.29, 1.82) is 0 Å². The molecule has 0 spiro atoms. The van der Waals surface area contributed by atoms with Crippen molar-refractivity contribution in [2.45, 2.75) is 57.2 Å². The number of hydrogen-bond acceptors (Lipinski definition) is 6. The summed E-state index contributed by atoms with van der Waals surface area (Å²) in [6, 6.07) is 2.23. The monoisotopic (exact) mass is 368 g/mol. The van der Waals surface area contributed by atoms with E-state index in [2.05, 4.69) is 22.2 Å². The second-order valence-electron chi connectivity index (χ2n) is 6.82. The highest BCUT2D eigenvalue weighted by atomic mass is 32.2. The second kappa shape index (κ2) is 7.97. The van der Waals surface area contributed by atoms with Crippen molar-refractivity contribution in [1.82, 2.24) is 14.3 Å². The van der Waals surface area contributed by atoms with E-state index in [1.807, 2.05) is 13.0 Å². The van der Waals surface area contributed by atoms with Crippen LogP contribution in [0.15, 0.2) is 6.07 Å². The van der Waals surface area contributed by atoms with Crippen LogP contribution < -0.4 is 5.32 Å². The molecule has 3 rings (SSSR count). The number of ether oxygens (including phenoxy) is 1. The lowest BCUT2D eigenvalue weighted by Gasteiger charge is -2.35. The van der Waals surface area contributed by atoms with Gasteiger partial charge in [-0.25, -0.2) is 22.7 Å². The number of nitrogens with zero attached hydrogens (tertiary/aromatic N) is 3. The molecule has 0 bridgehead atoms. The first-order valence-electron chi connectivity index (χ1n) is 9.17. The lowest BCUT2D eigenvalue weighted by molar-refractivity contribution is 0.0969. The number of nitrogens with one attached hydrogen (secondary N) is 1. The highest BCUT2D eigenvalue weighted by Gasteiger charge is 2.35. The minimum atomic E-state index is -3.20. The van der Waals surface area contributed by atoms with Gasteiger partial charge in [0.05, 0.1) is 5.25 Å². The predicted octanol–water partition coefficient (Wildman–Crippen LogP) is 1.73. The first-order valence-corrected chi connectivity index (χ1v) is 10.7. The first-order chi connectivity index (χ1) is 12.0. The molecule has 7 nitrogen and oxygen atoms in total. The average molecular weight is 369 g/mol. The van der Waals surface area contributed by atoms with Gasteiger partial charge in [0.15, 0.2) is 0 Å². The number of sulfonamides is 1. The Labute approximate surface area is 150 Å². The number of piperidine rings is 1. The van der Waals surface area contributed by atoms with Gasteiger partial charge >= 0.3 is 0 Å². The quantitative estimate of drug-likeness (QED) is 0.852. The van der Waals surface area contributed by atoms with Gasteiger partial charge < -0.3 is 10.1 Å². The number of aromatic nitrogens is 2. The molecule has 2 aliphatic heterocycles. The molecule has 1 aromatic rings. The molecule has 140 valence electrons. The third-order valence-electron chi connectivity index (χ3n) is 5.01. The largest absolute Gasteiger partial charge is 0.381 e. The number of rotatable bonds is 5. The van der Waals surface area contributed by atoms with Gasteiger partial charge in [-0.3, -0.25) is 0 Å². The molecule has 0 unspecified atom stereocenters. The maximum absolute atomic E-state index is 12.8. The molecule has 8 heteroatoms. The van der Waals surface area contributed by atoms with Gasteiger partial charge in [-0.05, 0) is 39.0 Å². The van der Waals surface area contributed by atoms with Crippen molar-refractivity contribution in [2.75, 3.05) is 31.6 Å². The van der Waals surface area contributed by atoms with Crippen molar-refractivity contribution >= 4 is 15.8 Å². The minimum absolute atomic E-state index is 0.250. The minimum Gasteiger partial charge on any atom is -0.381 e. The molecule has 0 atom stereocenters. The molecular weight excluding hydrogens is 340 g/mol. The fraction of sp³-hybridized carbons (Fsp3) is 0.765. The van der Waals surface area contributed by atoms with E-state index in [1.54, 1.807) is 4.31 Å². The summed E-state index contributed by atoms with van der Waals surface area (Å²) in [6.07, 6.45) is 3.70. The summed E-state index contributed by atoms with van der Waals surface area (Å²) in [6.45, 7) is 6.21. The molecule has 2 saturated heterocycles. The molecule has 2 fully saturated rings. The van der Waals surface area contributed by atoms with E-state index in [9.17, 15) is 8.42 Å². The molecule has 0 aliphatic carbocycles. The third-order valence-corrected chi connectivity index (χ3v) is 7.41. The van der Waals surface area contributed by atoms with Gasteiger partial charge in [-0.2, -0.15) is 0 Å². The topological polar surface area (TPSA) is 84.4 Å². The Morgan fingerprint density at radius 3 is 2.52 bits per heavy atom. The summed E-state index contributed by atoms with van der Waals surface area (Å²) in [7, 11) is -3.20. The Bertz CT molecular complexity index is 681. The van der Waals surface area contributed by atoms with E-state index in [1.165, 1.54) is 0 Å². The molecule has 1 N–H and O–H groups in total. The Balaban J connectivity index is 1.57.